The molecule has 0 saturated heterocycles. The number of rotatable bonds is 5. The fraction of sp³-hybridized carbons (Fsp3) is 0.417. The van der Waals surface area contributed by atoms with Crippen molar-refractivity contribution in [2.24, 2.45) is 0 Å². The maximum atomic E-state index is 11.7. The number of carboxylic acid groups (broad SMARTS) is 1. The molecule has 0 aromatic carbocycles. The van der Waals surface area contributed by atoms with Crippen LogP contribution in [0.1, 0.15) is 17.3 Å². The number of aromatic nitrogens is 1. The van der Waals surface area contributed by atoms with Crippen LogP contribution in [0.15, 0.2) is 18.3 Å². The number of carboxylic acids is 1. The molecule has 6 nitrogen and oxygen atoms in total. The van der Waals surface area contributed by atoms with Crippen molar-refractivity contribution in [3.63, 3.8) is 0 Å². The molecule has 0 saturated carbocycles. The van der Waals surface area contributed by atoms with Crippen LogP contribution < -0.4 is 4.90 Å². The average Bonchev–Trinajstić information content (AvgIpc) is 2.35. The number of carbonyl (C=O) groups excluding carboxylic acids is 1. The second-order valence-corrected chi connectivity index (χ2v) is 3.98. The molecule has 0 unspecified atom stereocenters. The van der Waals surface area contributed by atoms with E-state index in [1.54, 1.807) is 25.1 Å². The van der Waals surface area contributed by atoms with Gasteiger partial charge in [0.05, 0.1) is 6.54 Å². The van der Waals surface area contributed by atoms with Gasteiger partial charge in [-0.2, -0.15) is 0 Å². The van der Waals surface area contributed by atoms with E-state index in [-0.39, 0.29) is 18.0 Å². The van der Waals surface area contributed by atoms with Crippen molar-refractivity contribution in [1.82, 2.24) is 9.88 Å². The second-order valence-electron chi connectivity index (χ2n) is 3.98. The van der Waals surface area contributed by atoms with Gasteiger partial charge in [-0.05, 0) is 19.1 Å². The maximum Gasteiger partial charge on any atom is 0.339 e. The Kier molecular flexibility index (Phi) is 4.65. The van der Waals surface area contributed by atoms with Crippen LogP contribution in [0.2, 0.25) is 0 Å². The molecule has 0 fully saturated rings. The first-order valence-corrected chi connectivity index (χ1v) is 5.60. The minimum atomic E-state index is -1.05. The van der Waals surface area contributed by atoms with Crippen LogP contribution in [0.3, 0.4) is 0 Å². The van der Waals surface area contributed by atoms with Gasteiger partial charge in [-0.15, -0.1) is 0 Å². The highest BCUT2D eigenvalue weighted by Crippen LogP contribution is 2.16. The summed E-state index contributed by atoms with van der Waals surface area (Å²) < 4.78 is 0. The highest BCUT2D eigenvalue weighted by Gasteiger charge is 2.18. The normalized spacial score (nSPS) is 9.94. The highest BCUT2D eigenvalue weighted by atomic mass is 16.4. The monoisotopic (exact) mass is 251 g/mol. The minimum absolute atomic E-state index is 0.0983. The van der Waals surface area contributed by atoms with Crippen LogP contribution in [0.4, 0.5) is 5.82 Å². The predicted octanol–water partition coefficient (Wildman–Crippen LogP) is 0.694. The summed E-state index contributed by atoms with van der Waals surface area (Å²) in [5.74, 6) is -0.824. The first kappa shape index (κ1) is 14.0. The lowest BCUT2D eigenvalue weighted by Gasteiger charge is -2.24. The number of hydrogen-bond acceptors (Lipinski definition) is 4. The van der Waals surface area contributed by atoms with E-state index in [1.807, 2.05) is 6.92 Å². The molecule has 0 spiro atoms. The van der Waals surface area contributed by atoms with E-state index in [2.05, 4.69) is 4.98 Å². The van der Waals surface area contributed by atoms with Gasteiger partial charge < -0.3 is 14.9 Å². The van der Waals surface area contributed by atoms with Gasteiger partial charge in [0.2, 0.25) is 5.91 Å². The first-order valence-electron chi connectivity index (χ1n) is 5.60. The highest BCUT2D eigenvalue weighted by molar-refractivity contribution is 5.94. The Bertz CT molecular complexity index is 446. The quantitative estimate of drug-likeness (QED) is 0.833. The van der Waals surface area contributed by atoms with E-state index in [4.69, 9.17) is 5.11 Å². The molecule has 0 radical (unpaired) electrons. The molecule has 1 amide bonds. The van der Waals surface area contributed by atoms with E-state index in [0.29, 0.717) is 12.4 Å². The zero-order valence-corrected chi connectivity index (χ0v) is 10.8. The maximum absolute atomic E-state index is 11.7. The number of pyridine rings is 1. The SMILES string of the molecule is CCN(CC(=O)N(C)C)c1ncccc1C(=O)O. The van der Waals surface area contributed by atoms with E-state index < -0.39 is 5.97 Å². The summed E-state index contributed by atoms with van der Waals surface area (Å²) in [6.07, 6.45) is 1.52. The van der Waals surface area contributed by atoms with Crippen LogP contribution >= 0.6 is 0 Å². The van der Waals surface area contributed by atoms with Crippen LogP contribution in [0.25, 0.3) is 0 Å². The van der Waals surface area contributed by atoms with Crippen LogP contribution in [0.5, 0.6) is 0 Å². The van der Waals surface area contributed by atoms with Gasteiger partial charge in [-0.25, -0.2) is 9.78 Å². The van der Waals surface area contributed by atoms with Crippen LogP contribution in [-0.4, -0.2) is 54.1 Å². The van der Waals surface area contributed by atoms with Gasteiger partial charge in [-0.3, -0.25) is 4.79 Å². The Labute approximate surface area is 106 Å². The number of hydrogen-bond donors (Lipinski definition) is 1. The molecule has 0 aliphatic rings. The van der Waals surface area contributed by atoms with Gasteiger partial charge in [-0.1, -0.05) is 0 Å². The lowest BCUT2D eigenvalue weighted by Crippen LogP contribution is -2.37. The Balaban J connectivity index is 3.02. The van der Waals surface area contributed by atoms with Crippen molar-refractivity contribution < 1.29 is 14.7 Å². The average molecular weight is 251 g/mol. The van der Waals surface area contributed by atoms with Crippen molar-refractivity contribution in [3.05, 3.63) is 23.9 Å². The standard InChI is InChI=1S/C12H17N3O3/c1-4-15(8-10(16)14(2)3)11-9(12(17)18)6-5-7-13-11/h5-7H,4,8H2,1-3H3,(H,17,18). The Morgan fingerprint density at radius 1 is 1.39 bits per heavy atom. The summed E-state index contributed by atoms with van der Waals surface area (Å²) in [5, 5.41) is 9.09. The van der Waals surface area contributed by atoms with E-state index in [0.717, 1.165) is 0 Å². The summed E-state index contributed by atoms with van der Waals surface area (Å²) in [6.45, 7) is 2.47. The molecule has 0 bridgehead atoms. The van der Waals surface area contributed by atoms with Crippen molar-refractivity contribution >= 4 is 17.7 Å². The molecular weight excluding hydrogens is 234 g/mol. The van der Waals surface area contributed by atoms with Crippen LogP contribution in [-0.2, 0) is 4.79 Å². The van der Waals surface area contributed by atoms with Gasteiger partial charge >= 0.3 is 5.97 Å². The number of amides is 1. The van der Waals surface area contributed by atoms with Crippen molar-refractivity contribution in [3.8, 4) is 0 Å². The summed E-state index contributed by atoms with van der Waals surface area (Å²) in [5.41, 5.74) is 0.103. The van der Waals surface area contributed by atoms with Crippen molar-refractivity contribution in [2.75, 3.05) is 32.1 Å². The largest absolute Gasteiger partial charge is 0.478 e. The molecular formula is C12H17N3O3. The zero-order valence-electron chi connectivity index (χ0n) is 10.8. The summed E-state index contributed by atoms with van der Waals surface area (Å²) in [6, 6.07) is 3.04. The number of carbonyl (C=O) groups is 2. The fourth-order valence-corrected chi connectivity index (χ4v) is 1.46. The van der Waals surface area contributed by atoms with Gasteiger partial charge in [0, 0.05) is 26.8 Å². The second kappa shape index (κ2) is 6.00. The molecule has 1 N–H and O–H groups in total. The molecule has 1 heterocycles. The molecule has 18 heavy (non-hydrogen) atoms. The third-order valence-electron chi connectivity index (χ3n) is 2.52. The molecule has 6 heteroatoms. The molecule has 0 aliphatic heterocycles. The van der Waals surface area contributed by atoms with E-state index in [1.165, 1.54) is 17.2 Å². The minimum Gasteiger partial charge on any atom is -0.478 e. The van der Waals surface area contributed by atoms with Crippen molar-refractivity contribution in [1.29, 1.82) is 0 Å². The summed E-state index contributed by atoms with van der Waals surface area (Å²) >= 11 is 0. The first-order chi connectivity index (χ1) is 8.47. The Morgan fingerprint density at radius 2 is 2.06 bits per heavy atom. The third kappa shape index (κ3) is 3.19. The fourth-order valence-electron chi connectivity index (χ4n) is 1.46. The number of likely N-dealkylation sites (N-methyl/N-ethyl adjacent to an activating group) is 2. The van der Waals surface area contributed by atoms with Crippen molar-refractivity contribution in [2.45, 2.75) is 6.92 Å². The molecule has 0 aliphatic carbocycles. The van der Waals surface area contributed by atoms with Gasteiger partial charge in [0.25, 0.3) is 0 Å². The topological polar surface area (TPSA) is 73.7 Å². The number of nitrogens with zero attached hydrogens (tertiary/aromatic N) is 3. The van der Waals surface area contributed by atoms with Gasteiger partial charge in [0.1, 0.15) is 11.4 Å². The molecule has 0 atom stereocenters. The van der Waals surface area contributed by atoms with E-state index in [9.17, 15) is 9.59 Å². The Morgan fingerprint density at radius 3 is 2.56 bits per heavy atom. The molecule has 1 rings (SSSR count). The molecule has 98 valence electrons. The zero-order chi connectivity index (χ0) is 13.7. The summed E-state index contributed by atoms with van der Waals surface area (Å²) in [4.78, 5) is 29.9. The predicted molar refractivity (Wildman–Crippen MR) is 67.8 cm³/mol. The van der Waals surface area contributed by atoms with E-state index >= 15 is 0 Å². The lowest BCUT2D eigenvalue weighted by molar-refractivity contribution is -0.127. The third-order valence-corrected chi connectivity index (χ3v) is 2.52. The van der Waals surface area contributed by atoms with Gasteiger partial charge in [0.15, 0.2) is 0 Å². The molecule has 1 aromatic heterocycles. The van der Waals surface area contributed by atoms with Crippen LogP contribution in [0, 0.1) is 0 Å². The number of aromatic carboxylic acids is 1. The lowest BCUT2D eigenvalue weighted by atomic mass is 10.2. The number of anilines is 1. The smallest absolute Gasteiger partial charge is 0.339 e. The summed E-state index contributed by atoms with van der Waals surface area (Å²) in [7, 11) is 3.32. The molecule has 1 aromatic rings. The Hall–Kier alpha value is -2.11.